The number of hydrogen-bond donors (Lipinski definition) is 2. The normalized spacial score (nSPS) is 19.8. The molecule has 0 saturated carbocycles. The maximum absolute atomic E-state index is 12.8. The van der Waals surface area contributed by atoms with Crippen LogP contribution in [0.3, 0.4) is 0 Å². The molecule has 8 heteroatoms. The molecule has 4 amide bonds. The van der Waals surface area contributed by atoms with Crippen LogP contribution in [0.4, 0.5) is 4.79 Å². The highest BCUT2D eigenvalue weighted by atomic mass is 16.5. The van der Waals surface area contributed by atoms with E-state index in [0.29, 0.717) is 24.5 Å². The Morgan fingerprint density at radius 2 is 1.94 bits per heavy atom. The number of para-hydroxylation sites is 1. The fourth-order valence-electron chi connectivity index (χ4n) is 4.32. The molecule has 0 radical (unpaired) electrons. The van der Waals surface area contributed by atoms with Gasteiger partial charge in [-0.15, -0.1) is 0 Å². The van der Waals surface area contributed by atoms with E-state index in [0.717, 1.165) is 27.7 Å². The lowest BCUT2D eigenvalue weighted by atomic mass is 10.0. The first-order valence-corrected chi connectivity index (χ1v) is 10.4. The van der Waals surface area contributed by atoms with E-state index in [9.17, 15) is 14.4 Å². The van der Waals surface area contributed by atoms with Gasteiger partial charge in [0.25, 0.3) is 11.8 Å². The second kappa shape index (κ2) is 7.33. The summed E-state index contributed by atoms with van der Waals surface area (Å²) in [6.07, 6.45) is 0. The van der Waals surface area contributed by atoms with Crippen molar-refractivity contribution in [3.05, 3.63) is 70.9 Å². The maximum atomic E-state index is 12.8. The number of hydrogen-bond acceptors (Lipinski definition) is 5. The Morgan fingerprint density at radius 1 is 1.12 bits per heavy atom. The average Bonchev–Trinajstić information content (AvgIpc) is 3.19. The molecule has 2 N–H and O–H groups in total. The number of imide groups is 1. The SMILES string of the molecule is Cc1cc(COc2ccc3c(c2)CN(CC2(C)NC(=O)NC2=O)C3=O)c2ccccc2n1. The van der Waals surface area contributed by atoms with Gasteiger partial charge >= 0.3 is 6.03 Å². The lowest BCUT2D eigenvalue weighted by Gasteiger charge is -2.26. The molecule has 32 heavy (non-hydrogen) atoms. The zero-order chi connectivity index (χ0) is 22.5. The first kappa shape index (κ1) is 20.0. The van der Waals surface area contributed by atoms with Crippen LogP contribution in [0.1, 0.15) is 34.1 Å². The zero-order valence-electron chi connectivity index (χ0n) is 17.8. The topological polar surface area (TPSA) is 101 Å². The number of pyridine rings is 1. The smallest absolute Gasteiger partial charge is 0.322 e. The van der Waals surface area contributed by atoms with E-state index in [-0.39, 0.29) is 12.5 Å². The molecular formula is C24H22N4O4. The van der Waals surface area contributed by atoms with Crippen LogP contribution in [0.5, 0.6) is 5.75 Å². The predicted molar refractivity (Wildman–Crippen MR) is 117 cm³/mol. The van der Waals surface area contributed by atoms with Crippen LogP contribution < -0.4 is 15.4 Å². The van der Waals surface area contributed by atoms with Gasteiger partial charge in [0.1, 0.15) is 17.9 Å². The van der Waals surface area contributed by atoms with Crippen molar-refractivity contribution >= 4 is 28.7 Å². The number of amides is 4. The van der Waals surface area contributed by atoms with Gasteiger partial charge in [0, 0.05) is 28.8 Å². The lowest BCUT2D eigenvalue weighted by Crippen LogP contribution is -2.52. The van der Waals surface area contributed by atoms with Crippen molar-refractivity contribution in [3.63, 3.8) is 0 Å². The fourth-order valence-corrected chi connectivity index (χ4v) is 4.32. The van der Waals surface area contributed by atoms with E-state index >= 15 is 0 Å². The number of nitrogens with zero attached hydrogens (tertiary/aromatic N) is 2. The van der Waals surface area contributed by atoms with Gasteiger partial charge in [-0.25, -0.2) is 4.79 Å². The third kappa shape index (κ3) is 3.43. The average molecular weight is 430 g/mol. The van der Waals surface area contributed by atoms with Crippen molar-refractivity contribution in [1.82, 2.24) is 20.5 Å². The first-order chi connectivity index (χ1) is 15.3. The molecule has 162 valence electrons. The van der Waals surface area contributed by atoms with Crippen LogP contribution in [0.2, 0.25) is 0 Å². The van der Waals surface area contributed by atoms with Gasteiger partial charge in [0.05, 0.1) is 12.1 Å². The number of fused-ring (bicyclic) bond motifs is 2. The number of urea groups is 1. The summed E-state index contributed by atoms with van der Waals surface area (Å²) in [4.78, 5) is 42.6. The van der Waals surface area contributed by atoms with Crippen LogP contribution in [-0.4, -0.2) is 39.8 Å². The molecule has 1 unspecified atom stereocenters. The number of benzene rings is 2. The van der Waals surface area contributed by atoms with Gasteiger partial charge in [-0.2, -0.15) is 0 Å². The Labute approximate surface area is 184 Å². The van der Waals surface area contributed by atoms with E-state index in [2.05, 4.69) is 15.6 Å². The highest BCUT2D eigenvalue weighted by Gasteiger charge is 2.45. The van der Waals surface area contributed by atoms with Gasteiger partial charge in [0.2, 0.25) is 0 Å². The number of nitrogens with one attached hydrogen (secondary N) is 2. The monoisotopic (exact) mass is 430 g/mol. The first-order valence-electron chi connectivity index (χ1n) is 10.4. The Balaban J connectivity index is 1.32. The van der Waals surface area contributed by atoms with Crippen LogP contribution >= 0.6 is 0 Å². The van der Waals surface area contributed by atoms with E-state index in [1.165, 1.54) is 0 Å². The van der Waals surface area contributed by atoms with Crippen molar-refractivity contribution in [1.29, 1.82) is 0 Å². The van der Waals surface area contributed by atoms with E-state index in [1.54, 1.807) is 24.0 Å². The van der Waals surface area contributed by atoms with Crippen LogP contribution in [-0.2, 0) is 17.9 Å². The molecule has 0 spiro atoms. The molecule has 3 aromatic rings. The van der Waals surface area contributed by atoms with Crippen LogP contribution in [0, 0.1) is 6.92 Å². The molecule has 3 heterocycles. The molecule has 8 nitrogen and oxygen atoms in total. The molecule has 2 aromatic carbocycles. The largest absolute Gasteiger partial charge is 0.489 e. The van der Waals surface area contributed by atoms with Gasteiger partial charge in [-0.3, -0.25) is 19.9 Å². The Hall–Kier alpha value is -3.94. The van der Waals surface area contributed by atoms with Gasteiger partial charge in [-0.05, 0) is 49.7 Å². The summed E-state index contributed by atoms with van der Waals surface area (Å²) >= 11 is 0. The van der Waals surface area contributed by atoms with Crippen molar-refractivity contribution in [2.24, 2.45) is 0 Å². The van der Waals surface area contributed by atoms with Crippen molar-refractivity contribution in [2.75, 3.05) is 6.54 Å². The molecule has 0 aliphatic carbocycles. The summed E-state index contributed by atoms with van der Waals surface area (Å²) < 4.78 is 6.06. The van der Waals surface area contributed by atoms with E-state index in [1.807, 2.05) is 43.3 Å². The number of carbonyl (C=O) groups excluding carboxylic acids is 3. The second-order valence-electron chi connectivity index (χ2n) is 8.45. The van der Waals surface area contributed by atoms with Crippen LogP contribution in [0.25, 0.3) is 10.9 Å². The highest BCUT2D eigenvalue weighted by molar-refractivity contribution is 6.07. The molecule has 5 rings (SSSR count). The van der Waals surface area contributed by atoms with Crippen molar-refractivity contribution < 1.29 is 19.1 Å². The minimum absolute atomic E-state index is 0.0938. The quantitative estimate of drug-likeness (QED) is 0.606. The molecule has 1 saturated heterocycles. The van der Waals surface area contributed by atoms with Gasteiger partial charge in [-0.1, -0.05) is 18.2 Å². The molecule has 1 aromatic heterocycles. The summed E-state index contributed by atoms with van der Waals surface area (Å²) in [7, 11) is 0. The van der Waals surface area contributed by atoms with E-state index in [4.69, 9.17) is 4.74 Å². The summed E-state index contributed by atoms with van der Waals surface area (Å²) in [6, 6.07) is 14.8. The van der Waals surface area contributed by atoms with Gasteiger partial charge < -0.3 is 15.0 Å². The maximum Gasteiger partial charge on any atom is 0.322 e. The number of rotatable bonds is 5. The zero-order valence-corrected chi connectivity index (χ0v) is 17.8. The standard InChI is InChI=1S/C24H22N4O4/c1-14-9-16(18-5-3-4-6-20(18)25-14)12-32-17-7-8-19-15(10-17)11-28(21(19)29)13-24(2)22(30)26-23(31)27-24/h3-10H,11-13H2,1-2H3,(H2,26,27,30,31). The molecule has 1 fully saturated rings. The number of carbonyl (C=O) groups is 3. The number of aryl methyl sites for hydroxylation is 1. The van der Waals surface area contributed by atoms with Crippen molar-refractivity contribution in [2.45, 2.75) is 32.5 Å². The third-order valence-electron chi connectivity index (χ3n) is 5.90. The molecule has 1 atom stereocenters. The van der Waals surface area contributed by atoms with E-state index < -0.39 is 17.5 Å². The predicted octanol–water partition coefficient (Wildman–Crippen LogP) is 2.68. The molecule has 2 aliphatic heterocycles. The summed E-state index contributed by atoms with van der Waals surface area (Å²) in [6.45, 7) is 4.39. The van der Waals surface area contributed by atoms with Crippen LogP contribution in [0.15, 0.2) is 48.5 Å². The summed E-state index contributed by atoms with van der Waals surface area (Å²) in [5.41, 5.74) is 3.16. The highest BCUT2D eigenvalue weighted by Crippen LogP contribution is 2.29. The summed E-state index contributed by atoms with van der Waals surface area (Å²) in [5, 5.41) is 5.87. The third-order valence-corrected chi connectivity index (χ3v) is 5.90. The van der Waals surface area contributed by atoms with Crippen molar-refractivity contribution in [3.8, 4) is 5.75 Å². The van der Waals surface area contributed by atoms with Gasteiger partial charge in [0.15, 0.2) is 0 Å². The lowest BCUT2D eigenvalue weighted by molar-refractivity contribution is -0.123. The molecule has 0 bridgehead atoms. The Kier molecular flexibility index (Phi) is 4.58. The molecule has 2 aliphatic rings. The Bertz CT molecular complexity index is 1290. The second-order valence-corrected chi connectivity index (χ2v) is 8.45. The Morgan fingerprint density at radius 3 is 2.72 bits per heavy atom. The minimum Gasteiger partial charge on any atom is -0.489 e. The minimum atomic E-state index is -1.14. The number of aromatic nitrogens is 1. The summed E-state index contributed by atoms with van der Waals surface area (Å²) in [5.74, 6) is 0.0581. The molecular weight excluding hydrogens is 408 g/mol. The fraction of sp³-hybridized carbons (Fsp3) is 0.250. The number of ether oxygens (including phenoxy) is 1.